The van der Waals surface area contributed by atoms with Gasteiger partial charge in [-0.15, -0.1) is 0 Å². The van der Waals surface area contributed by atoms with Gasteiger partial charge in [0.15, 0.2) is 0 Å². The lowest BCUT2D eigenvalue weighted by atomic mass is 9.93. The third-order valence-electron chi connectivity index (χ3n) is 6.37. The maximum absolute atomic E-state index is 14.9. The largest absolute Gasteiger partial charge is 0.463 e. The molecule has 1 aliphatic heterocycles. The quantitative estimate of drug-likeness (QED) is 0.315. The Hall–Kier alpha value is -3.34. The van der Waals surface area contributed by atoms with E-state index in [1.807, 2.05) is 60.7 Å². The van der Waals surface area contributed by atoms with Gasteiger partial charge in [-0.2, -0.15) is 0 Å². The van der Waals surface area contributed by atoms with Crippen LogP contribution in [0, 0.1) is 0 Å². The van der Waals surface area contributed by atoms with Crippen LogP contribution in [0.1, 0.15) is 18.5 Å². The number of carbonyl (C=O) groups is 2. The molecule has 4 rings (SSSR count). The van der Waals surface area contributed by atoms with Gasteiger partial charge in [0.1, 0.15) is 7.14 Å². The van der Waals surface area contributed by atoms with Gasteiger partial charge in [0.2, 0.25) is 0 Å². The van der Waals surface area contributed by atoms with Crippen LogP contribution in [0.4, 0.5) is 4.79 Å². The summed E-state index contributed by atoms with van der Waals surface area (Å²) in [7, 11) is -0.0533. The van der Waals surface area contributed by atoms with Crippen LogP contribution in [0.5, 0.6) is 0 Å². The summed E-state index contributed by atoms with van der Waals surface area (Å²) in [5, 5.41) is 1.84. The lowest BCUT2D eigenvalue weighted by Crippen LogP contribution is -2.49. The minimum absolute atomic E-state index is 0.0185. The molecule has 1 heterocycles. The van der Waals surface area contributed by atoms with Gasteiger partial charge in [-0.3, -0.25) is 0 Å². The van der Waals surface area contributed by atoms with Crippen molar-refractivity contribution in [1.29, 1.82) is 0 Å². The Morgan fingerprint density at radius 2 is 1.44 bits per heavy atom. The maximum Gasteiger partial charge on any atom is 0.338 e. The van der Waals surface area contributed by atoms with E-state index in [-0.39, 0.29) is 24.4 Å². The predicted molar refractivity (Wildman–Crippen MR) is 143 cm³/mol. The first-order valence-corrected chi connectivity index (χ1v) is 13.9. The molecule has 0 fully saturated rings. The molecule has 0 bridgehead atoms. The molecule has 6 nitrogen and oxygen atoms in total. The molecule has 36 heavy (non-hydrogen) atoms. The summed E-state index contributed by atoms with van der Waals surface area (Å²) in [6, 6.07) is 24.4. The number of benzene rings is 3. The van der Waals surface area contributed by atoms with E-state index in [9.17, 15) is 14.2 Å². The van der Waals surface area contributed by atoms with Crippen molar-refractivity contribution in [2.45, 2.75) is 13.0 Å². The van der Waals surface area contributed by atoms with Crippen molar-refractivity contribution >= 4 is 41.4 Å². The molecule has 0 unspecified atom stereocenters. The standard InChI is InChI=1S/C28H28ClN2O4P/c1-4-35-27(32)25-24(30(2)28(33)31(3)26(25)20-15-17-21(29)18-16-20)19-36(34,22-11-7-5-8-12-22)23-13-9-6-10-14-23/h5-18,26H,4,19H2,1-3H3/t26-/m1/s1. The van der Waals surface area contributed by atoms with Crippen LogP contribution in [0.25, 0.3) is 0 Å². The van der Waals surface area contributed by atoms with Crippen molar-refractivity contribution in [1.82, 2.24) is 9.80 Å². The molecular formula is C28H28ClN2O4P. The summed E-state index contributed by atoms with van der Waals surface area (Å²) in [5.41, 5.74) is 1.38. The third-order valence-corrected chi connectivity index (χ3v) is 9.63. The number of likely N-dealkylation sites (N-methyl/N-ethyl adjacent to an activating group) is 1. The number of amides is 2. The number of ether oxygens (including phenoxy) is 1. The highest BCUT2D eigenvalue weighted by atomic mass is 35.5. The van der Waals surface area contributed by atoms with Gasteiger partial charge in [0.25, 0.3) is 0 Å². The summed E-state index contributed by atoms with van der Waals surface area (Å²) in [5.74, 6) is -0.550. The fourth-order valence-electron chi connectivity index (χ4n) is 4.54. The second-order valence-corrected chi connectivity index (χ2v) is 11.8. The first kappa shape index (κ1) is 25.7. The third kappa shape index (κ3) is 4.84. The Morgan fingerprint density at radius 1 is 0.917 bits per heavy atom. The summed E-state index contributed by atoms with van der Waals surface area (Å²) in [6.07, 6.45) is -0.0185. The van der Waals surface area contributed by atoms with E-state index in [1.54, 1.807) is 45.3 Å². The number of allylic oxidation sites excluding steroid dienone is 1. The van der Waals surface area contributed by atoms with Crippen LogP contribution in [-0.2, 0) is 14.1 Å². The Kier molecular flexibility index (Phi) is 7.67. The first-order valence-electron chi connectivity index (χ1n) is 11.6. The molecule has 0 aromatic heterocycles. The van der Waals surface area contributed by atoms with Crippen LogP contribution < -0.4 is 10.6 Å². The molecule has 3 aromatic carbocycles. The molecule has 0 aliphatic carbocycles. The minimum Gasteiger partial charge on any atom is -0.463 e. The SMILES string of the molecule is CCOC(=O)C1=C(CP(=O)(c2ccccc2)c2ccccc2)N(C)C(=O)N(C)[C@@H]1c1ccc(Cl)cc1. The molecular weight excluding hydrogens is 495 g/mol. The van der Waals surface area contributed by atoms with Crippen molar-refractivity contribution in [3.63, 3.8) is 0 Å². The second kappa shape index (κ2) is 10.7. The molecule has 2 amide bonds. The highest BCUT2D eigenvalue weighted by Gasteiger charge is 2.43. The lowest BCUT2D eigenvalue weighted by molar-refractivity contribution is -0.139. The Balaban J connectivity index is 1.97. The van der Waals surface area contributed by atoms with Crippen molar-refractivity contribution in [2.24, 2.45) is 0 Å². The van der Waals surface area contributed by atoms with Gasteiger partial charge in [-0.1, -0.05) is 84.4 Å². The summed E-state index contributed by atoms with van der Waals surface area (Å²) < 4.78 is 20.3. The topological polar surface area (TPSA) is 66.9 Å². The summed E-state index contributed by atoms with van der Waals surface area (Å²) in [4.78, 5) is 29.8. The number of halogens is 1. The zero-order valence-corrected chi connectivity index (χ0v) is 22.1. The van der Waals surface area contributed by atoms with Crippen LogP contribution in [0.3, 0.4) is 0 Å². The molecule has 0 saturated carbocycles. The van der Waals surface area contributed by atoms with Crippen molar-refractivity contribution in [3.8, 4) is 0 Å². The molecule has 8 heteroatoms. The van der Waals surface area contributed by atoms with E-state index in [1.165, 1.54) is 9.80 Å². The van der Waals surface area contributed by atoms with E-state index < -0.39 is 19.2 Å². The molecule has 0 radical (unpaired) electrons. The highest BCUT2D eigenvalue weighted by Crippen LogP contribution is 2.48. The summed E-state index contributed by atoms with van der Waals surface area (Å²) in [6.45, 7) is 1.90. The van der Waals surface area contributed by atoms with E-state index in [2.05, 4.69) is 0 Å². The fraction of sp³-hybridized carbons (Fsp3) is 0.214. The molecule has 1 aliphatic rings. The Bertz CT molecular complexity index is 1280. The van der Waals surface area contributed by atoms with Crippen LogP contribution in [-0.4, -0.2) is 48.7 Å². The zero-order valence-electron chi connectivity index (χ0n) is 20.4. The predicted octanol–water partition coefficient (Wildman–Crippen LogP) is 5.21. The van der Waals surface area contributed by atoms with Crippen LogP contribution >= 0.6 is 18.7 Å². The smallest absolute Gasteiger partial charge is 0.338 e. The summed E-state index contributed by atoms with van der Waals surface area (Å²) >= 11 is 6.11. The van der Waals surface area contributed by atoms with Crippen LogP contribution in [0.2, 0.25) is 5.02 Å². The average molecular weight is 523 g/mol. The molecule has 186 valence electrons. The first-order chi connectivity index (χ1) is 17.3. The van der Waals surface area contributed by atoms with Gasteiger partial charge >= 0.3 is 12.0 Å². The van der Waals surface area contributed by atoms with Crippen molar-refractivity contribution in [3.05, 3.63) is 107 Å². The maximum atomic E-state index is 14.9. The molecule has 0 saturated heterocycles. The molecule has 0 N–H and O–H groups in total. The molecule has 1 atom stereocenters. The van der Waals surface area contributed by atoms with Gasteiger partial charge < -0.3 is 19.1 Å². The van der Waals surface area contributed by atoms with Gasteiger partial charge in [-0.25, -0.2) is 9.59 Å². The van der Waals surface area contributed by atoms with E-state index in [0.29, 0.717) is 26.9 Å². The number of hydrogen-bond acceptors (Lipinski definition) is 4. The van der Waals surface area contributed by atoms with Crippen molar-refractivity contribution < 1.29 is 18.9 Å². The minimum atomic E-state index is -3.30. The fourth-order valence-corrected chi connectivity index (χ4v) is 7.44. The number of urea groups is 1. The zero-order chi connectivity index (χ0) is 25.9. The Labute approximate surface area is 216 Å². The number of rotatable bonds is 7. The highest BCUT2D eigenvalue weighted by molar-refractivity contribution is 7.78. The van der Waals surface area contributed by atoms with E-state index in [0.717, 1.165) is 0 Å². The number of nitrogens with zero attached hydrogens (tertiary/aromatic N) is 2. The van der Waals surface area contributed by atoms with Gasteiger partial charge in [0, 0.05) is 35.4 Å². The number of hydrogen-bond donors (Lipinski definition) is 0. The number of carbonyl (C=O) groups excluding carboxylic acids is 2. The monoisotopic (exact) mass is 522 g/mol. The van der Waals surface area contributed by atoms with E-state index in [4.69, 9.17) is 16.3 Å². The lowest BCUT2D eigenvalue weighted by Gasteiger charge is -2.41. The van der Waals surface area contributed by atoms with Gasteiger partial charge in [-0.05, 0) is 24.6 Å². The van der Waals surface area contributed by atoms with Crippen molar-refractivity contribution in [2.75, 3.05) is 26.9 Å². The van der Waals surface area contributed by atoms with Gasteiger partial charge in [0.05, 0.1) is 24.4 Å². The average Bonchev–Trinajstić information content (AvgIpc) is 2.90. The second-order valence-electron chi connectivity index (χ2n) is 8.56. The van der Waals surface area contributed by atoms with E-state index >= 15 is 0 Å². The Morgan fingerprint density at radius 3 is 1.94 bits per heavy atom. The van der Waals surface area contributed by atoms with Crippen LogP contribution in [0.15, 0.2) is 96.2 Å². The normalized spacial score (nSPS) is 16.3. The number of esters is 1. The molecule has 0 spiro atoms. The molecule has 3 aromatic rings.